The molecule has 174 valence electrons. The van der Waals surface area contributed by atoms with Gasteiger partial charge < -0.3 is 20.1 Å². The summed E-state index contributed by atoms with van der Waals surface area (Å²) < 4.78 is 10.5. The van der Waals surface area contributed by atoms with Crippen LogP contribution in [0.2, 0.25) is 0 Å². The zero-order valence-corrected chi connectivity index (χ0v) is 19.6. The summed E-state index contributed by atoms with van der Waals surface area (Å²) in [6, 6.07) is 6.83. The highest BCUT2D eigenvalue weighted by molar-refractivity contribution is 7.98. The molecule has 8 nitrogen and oxygen atoms in total. The van der Waals surface area contributed by atoms with Crippen LogP contribution < -0.4 is 10.6 Å². The molecule has 32 heavy (non-hydrogen) atoms. The van der Waals surface area contributed by atoms with Gasteiger partial charge in [0.25, 0.3) is 0 Å². The van der Waals surface area contributed by atoms with E-state index in [2.05, 4.69) is 15.5 Å². The molecule has 0 bridgehead atoms. The molecule has 1 atom stereocenters. The van der Waals surface area contributed by atoms with E-state index < -0.39 is 12.0 Å². The molecule has 0 saturated carbocycles. The van der Waals surface area contributed by atoms with E-state index in [-0.39, 0.29) is 24.5 Å². The van der Waals surface area contributed by atoms with Crippen LogP contribution in [-0.4, -0.2) is 62.0 Å². The number of hydrogen-bond acceptors (Lipinski definition) is 7. The molecule has 2 aliphatic heterocycles. The maximum atomic E-state index is 12.9. The number of piperidine rings is 1. The van der Waals surface area contributed by atoms with Crippen LogP contribution >= 0.6 is 11.8 Å². The number of thioether (sulfide) groups is 1. The number of nitrogens with one attached hydrogen (secondary N) is 2. The number of benzene rings is 1. The fraction of sp³-hybridized carbons (Fsp3) is 0.522. The van der Waals surface area contributed by atoms with E-state index in [1.807, 2.05) is 30.5 Å². The summed E-state index contributed by atoms with van der Waals surface area (Å²) in [4.78, 5) is 40.6. The molecule has 1 fully saturated rings. The van der Waals surface area contributed by atoms with Crippen LogP contribution in [0.4, 0.5) is 4.79 Å². The van der Waals surface area contributed by atoms with E-state index in [0.717, 1.165) is 10.5 Å². The Balaban J connectivity index is 1.83. The summed E-state index contributed by atoms with van der Waals surface area (Å²) in [5.41, 5.74) is 1.77. The van der Waals surface area contributed by atoms with E-state index in [1.165, 1.54) is 0 Å². The van der Waals surface area contributed by atoms with E-state index in [9.17, 15) is 14.4 Å². The highest BCUT2D eigenvalue weighted by Crippen LogP contribution is 2.30. The Labute approximate surface area is 193 Å². The number of ether oxygens (including phenoxy) is 2. The zero-order valence-electron chi connectivity index (χ0n) is 18.8. The van der Waals surface area contributed by atoms with Gasteiger partial charge in [0.05, 0.1) is 30.7 Å². The minimum Gasteiger partial charge on any atom is -0.466 e. The standard InChI is InChI=1S/C23H31N3O5S/c1-4-30-21(27)16-10-12-26(13-11-16)14-18-19(22(28)31-5-2)20(25-23(29)24-18)15-6-8-17(32-3)9-7-15/h6-9,16,20H,4-5,10-14H2,1-3H3,(H2,24,25,29)/t20-/m1/s1. The van der Waals surface area contributed by atoms with Crippen molar-refractivity contribution >= 4 is 29.7 Å². The normalized spacial score (nSPS) is 19.8. The Morgan fingerprint density at radius 1 is 1.09 bits per heavy atom. The molecule has 2 amide bonds. The van der Waals surface area contributed by atoms with Crippen molar-refractivity contribution in [3.8, 4) is 0 Å². The van der Waals surface area contributed by atoms with Gasteiger partial charge in [-0.1, -0.05) is 12.1 Å². The minimum atomic E-state index is -0.592. The van der Waals surface area contributed by atoms with Gasteiger partial charge in [-0.05, 0) is 63.7 Å². The SMILES string of the molecule is CCOC(=O)C1=C(CN2CCC(C(=O)OCC)CC2)NC(=O)N[C@@H]1c1ccc(SC)cc1. The Morgan fingerprint density at radius 2 is 1.75 bits per heavy atom. The minimum absolute atomic E-state index is 0.102. The molecule has 1 aromatic carbocycles. The molecular weight excluding hydrogens is 430 g/mol. The third kappa shape index (κ3) is 5.83. The molecule has 0 unspecified atom stereocenters. The van der Waals surface area contributed by atoms with E-state index in [4.69, 9.17) is 9.47 Å². The van der Waals surface area contributed by atoms with Gasteiger partial charge >= 0.3 is 18.0 Å². The van der Waals surface area contributed by atoms with Crippen LogP contribution in [0.3, 0.4) is 0 Å². The second kappa shape index (κ2) is 11.4. The van der Waals surface area contributed by atoms with E-state index >= 15 is 0 Å². The average molecular weight is 462 g/mol. The Kier molecular flexibility index (Phi) is 8.58. The number of carbonyl (C=O) groups excluding carboxylic acids is 3. The van der Waals surface area contributed by atoms with E-state index in [0.29, 0.717) is 50.4 Å². The lowest BCUT2D eigenvalue weighted by atomic mass is 9.93. The van der Waals surface area contributed by atoms with Gasteiger partial charge in [-0.3, -0.25) is 9.69 Å². The highest BCUT2D eigenvalue weighted by Gasteiger charge is 2.35. The molecule has 1 aromatic rings. The van der Waals surface area contributed by atoms with Crippen molar-refractivity contribution in [1.82, 2.24) is 15.5 Å². The van der Waals surface area contributed by atoms with E-state index in [1.54, 1.807) is 25.6 Å². The number of urea groups is 1. The zero-order chi connectivity index (χ0) is 23.1. The molecule has 1 saturated heterocycles. The number of esters is 2. The second-order valence-electron chi connectivity index (χ2n) is 7.72. The fourth-order valence-corrected chi connectivity index (χ4v) is 4.46. The van der Waals surface area contributed by atoms with Gasteiger partial charge in [0, 0.05) is 17.1 Å². The predicted octanol–water partition coefficient (Wildman–Crippen LogP) is 2.85. The van der Waals surface area contributed by atoms with Gasteiger partial charge in [-0.2, -0.15) is 0 Å². The van der Waals surface area contributed by atoms with Crippen LogP contribution in [0.25, 0.3) is 0 Å². The third-order valence-electron chi connectivity index (χ3n) is 5.69. The Hall–Kier alpha value is -2.52. The largest absolute Gasteiger partial charge is 0.466 e. The lowest BCUT2D eigenvalue weighted by Gasteiger charge is -2.35. The molecule has 9 heteroatoms. The predicted molar refractivity (Wildman–Crippen MR) is 122 cm³/mol. The average Bonchev–Trinajstić information content (AvgIpc) is 2.79. The number of rotatable bonds is 8. The number of carbonyl (C=O) groups is 3. The van der Waals surface area contributed by atoms with Gasteiger partial charge in [0.2, 0.25) is 0 Å². The number of amides is 2. The molecule has 0 aromatic heterocycles. The first kappa shape index (κ1) is 24.1. The van der Waals surface area contributed by atoms with Gasteiger partial charge in [-0.15, -0.1) is 11.8 Å². The van der Waals surface area contributed by atoms with Crippen molar-refractivity contribution < 1.29 is 23.9 Å². The first-order chi connectivity index (χ1) is 15.5. The quantitative estimate of drug-likeness (QED) is 0.454. The number of hydrogen-bond donors (Lipinski definition) is 2. The van der Waals surface area contributed by atoms with Gasteiger partial charge in [0.1, 0.15) is 0 Å². The summed E-state index contributed by atoms with van der Waals surface area (Å²) in [5.74, 6) is -0.701. The molecular formula is C23H31N3O5S. The van der Waals surface area contributed by atoms with Crippen LogP contribution in [0.1, 0.15) is 38.3 Å². The molecule has 2 N–H and O–H groups in total. The molecule has 3 rings (SSSR count). The second-order valence-corrected chi connectivity index (χ2v) is 8.60. The van der Waals surface area contributed by atoms with Crippen molar-refractivity contribution in [3.63, 3.8) is 0 Å². The Morgan fingerprint density at radius 3 is 2.34 bits per heavy atom. The summed E-state index contributed by atoms with van der Waals surface area (Å²) in [7, 11) is 0. The number of likely N-dealkylation sites (tertiary alicyclic amines) is 1. The van der Waals surface area contributed by atoms with Crippen LogP contribution in [0.15, 0.2) is 40.4 Å². The third-order valence-corrected chi connectivity index (χ3v) is 6.43. The van der Waals surface area contributed by atoms with Crippen molar-refractivity contribution in [3.05, 3.63) is 41.1 Å². The van der Waals surface area contributed by atoms with Gasteiger partial charge in [-0.25, -0.2) is 9.59 Å². The van der Waals surface area contributed by atoms with Crippen molar-refractivity contribution in [2.75, 3.05) is 39.1 Å². The smallest absolute Gasteiger partial charge is 0.338 e. The molecule has 0 radical (unpaired) electrons. The van der Waals surface area contributed by atoms with Crippen molar-refractivity contribution in [2.45, 2.75) is 37.6 Å². The summed E-state index contributed by atoms with van der Waals surface area (Å²) in [6.07, 6.45) is 3.37. The fourth-order valence-electron chi connectivity index (χ4n) is 4.05. The number of nitrogens with zero attached hydrogens (tertiary/aromatic N) is 1. The van der Waals surface area contributed by atoms with Crippen LogP contribution in [0, 0.1) is 5.92 Å². The molecule has 0 aliphatic carbocycles. The lowest BCUT2D eigenvalue weighted by Crippen LogP contribution is -2.49. The highest BCUT2D eigenvalue weighted by atomic mass is 32.2. The van der Waals surface area contributed by atoms with Crippen LogP contribution in [-0.2, 0) is 19.1 Å². The van der Waals surface area contributed by atoms with Crippen molar-refractivity contribution in [1.29, 1.82) is 0 Å². The molecule has 0 spiro atoms. The van der Waals surface area contributed by atoms with Crippen LogP contribution in [0.5, 0.6) is 0 Å². The summed E-state index contributed by atoms with van der Waals surface area (Å²) in [5, 5.41) is 5.69. The van der Waals surface area contributed by atoms with Crippen molar-refractivity contribution in [2.24, 2.45) is 5.92 Å². The maximum absolute atomic E-state index is 12.9. The van der Waals surface area contributed by atoms with Gasteiger partial charge in [0.15, 0.2) is 0 Å². The first-order valence-electron chi connectivity index (χ1n) is 11.0. The molecule has 2 heterocycles. The molecule has 2 aliphatic rings. The first-order valence-corrected chi connectivity index (χ1v) is 12.2. The Bertz CT molecular complexity index is 863. The topological polar surface area (TPSA) is 97.0 Å². The summed E-state index contributed by atoms with van der Waals surface area (Å²) >= 11 is 1.63. The lowest BCUT2D eigenvalue weighted by molar-refractivity contribution is -0.149. The summed E-state index contributed by atoms with van der Waals surface area (Å²) in [6.45, 7) is 5.95. The monoisotopic (exact) mass is 461 g/mol. The maximum Gasteiger partial charge on any atom is 0.338 e.